The Hall–Kier alpha value is 0.0500. The maximum absolute atomic E-state index is 9.67. The van der Waals surface area contributed by atoms with Gasteiger partial charge in [-0.25, -0.2) is 0 Å². The molecule has 0 bridgehead atoms. The summed E-state index contributed by atoms with van der Waals surface area (Å²) >= 11 is 0. The Morgan fingerprint density at radius 1 is 1.27 bits per heavy atom. The van der Waals surface area contributed by atoms with Gasteiger partial charge in [0.2, 0.25) is 0 Å². The van der Waals surface area contributed by atoms with Gasteiger partial charge in [-0.3, -0.25) is 0 Å². The molecule has 0 amide bonds. The van der Waals surface area contributed by atoms with E-state index in [-0.39, 0.29) is 25.1 Å². The van der Waals surface area contributed by atoms with Crippen molar-refractivity contribution in [3.05, 3.63) is 0 Å². The van der Waals surface area contributed by atoms with Crippen LogP contribution in [0, 0.1) is 0 Å². The third-order valence-corrected chi connectivity index (χ3v) is 3.20. The summed E-state index contributed by atoms with van der Waals surface area (Å²) in [6.45, 7) is -0.376. The normalized spacial score (nSPS) is 53.8. The Morgan fingerprint density at radius 2 is 1.80 bits per heavy atom. The van der Waals surface area contributed by atoms with Crippen LogP contribution >= 0.6 is 0 Å². The van der Waals surface area contributed by atoms with Crippen molar-refractivity contribution in [2.24, 2.45) is 0 Å². The van der Waals surface area contributed by atoms with Crippen LogP contribution in [0.2, 0.25) is 0 Å². The highest BCUT2D eigenvalue weighted by molar-refractivity contribution is 5.16. The molecule has 1 aliphatic heterocycles. The highest BCUT2D eigenvalue weighted by Crippen LogP contribution is 2.46. The number of halogens is 1. The van der Waals surface area contributed by atoms with Gasteiger partial charge >= 0.3 is 0 Å². The largest absolute Gasteiger partial charge is 1.00 e. The average Bonchev–Trinajstić information content (AvgIpc) is 2.81. The number of rotatable bonds is 1. The fourth-order valence-electron chi connectivity index (χ4n) is 2.10. The molecule has 0 aromatic carbocycles. The summed E-state index contributed by atoms with van der Waals surface area (Å²) in [5.41, 5.74) is 2.89. The molecular formula is C8H16ClNO5. The summed E-state index contributed by atoms with van der Waals surface area (Å²) in [6, 6.07) is -0.0892. The first-order valence-corrected chi connectivity index (χ1v) is 4.69. The van der Waals surface area contributed by atoms with E-state index in [2.05, 4.69) is 5.73 Å². The fourth-order valence-corrected chi connectivity index (χ4v) is 2.10. The molecule has 7 N–H and O–H groups in total. The predicted molar refractivity (Wildman–Crippen MR) is 44.0 cm³/mol. The van der Waals surface area contributed by atoms with Crippen LogP contribution in [-0.4, -0.2) is 63.1 Å². The van der Waals surface area contributed by atoms with E-state index < -0.39 is 30.0 Å². The number of aliphatic hydroxyl groups excluding tert-OH is 4. The molecule has 1 aliphatic carbocycles. The molecule has 1 saturated carbocycles. The van der Waals surface area contributed by atoms with Crippen molar-refractivity contribution in [1.29, 1.82) is 0 Å². The van der Waals surface area contributed by atoms with Crippen molar-refractivity contribution in [3.63, 3.8) is 0 Å². The molecule has 6 atom stereocenters. The maximum Gasteiger partial charge on any atom is 0.154 e. The van der Waals surface area contributed by atoms with Gasteiger partial charge in [0, 0.05) is 6.42 Å². The lowest BCUT2D eigenvalue weighted by Crippen LogP contribution is -3.00. The monoisotopic (exact) mass is 241 g/mol. The second-order valence-electron chi connectivity index (χ2n) is 4.12. The molecule has 1 spiro atoms. The molecule has 0 aromatic heterocycles. The molecule has 1 saturated heterocycles. The van der Waals surface area contributed by atoms with Gasteiger partial charge in [0.05, 0.1) is 6.61 Å². The van der Waals surface area contributed by atoms with E-state index in [1.807, 2.05) is 0 Å². The zero-order valence-corrected chi connectivity index (χ0v) is 8.84. The van der Waals surface area contributed by atoms with Gasteiger partial charge in [0.1, 0.15) is 30.5 Å². The smallest absolute Gasteiger partial charge is 0.154 e. The third-order valence-electron chi connectivity index (χ3n) is 3.20. The zero-order chi connectivity index (χ0) is 10.5. The molecule has 6 nitrogen and oxygen atoms in total. The van der Waals surface area contributed by atoms with Gasteiger partial charge in [0.25, 0.3) is 0 Å². The van der Waals surface area contributed by atoms with Gasteiger partial charge in [-0.1, -0.05) is 0 Å². The second-order valence-corrected chi connectivity index (χ2v) is 4.12. The number of aliphatic hydroxyl groups is 4. The summed E-state index contributed by atoms with van der Waals surface area (Å²) in [7, 11) is 0. The minimum absolute atomic E-state index is 0. The van der Waals surface area contributed by atoms with E-state index in [1.54, 1.807) is 0 Å². The van der Waals surface area contributed by atoms with Crippen LogP contribution < -0.4 is 18.1 Å². The van der Waals surface area contributed by atoms with Gasteiger partial charge in [-0.05, 0) is 0 Å². The summed E-state index contributed by atoms with van der Waals surface area (Å²) in [5.74, 6) is 0. The molecule has 90 valence electrons. The topological polar surface area (TPSA) is 118 Å². The van der Waals surface area contributed by atoms with Crippen LogP contribution in [-0.2, 0) is 4.74 Å². The van der Waals surface area contributed by atoms with E-state index in [4.69, 9.17) is 9.84 Å². The van der Waals surface area contributed by atoms with Crippen LogP contribution in [0.25, 0.3) is 0 Å². The minimum Gasteiger partial charge on any atom is -1.00 e. The van der Waals surface area contributed by atoms with E-state index in [0.29, 0.717) is 6.42 Å². The van der Waals surface area contributed by atoms with Crippen molar-refractivity contribution in [3.8, 4) is 0 Å². The van der Waals surface area contributed by atoms with Crippen molar-refractivity contribution in [2.75, 3.05) is 6.61 Å². The lowest BCUT2D eigenvalue weighted by atomic mass is 9.93. The Labute approximate surface area is 93.1 Å². The molecule has 1 heterocycles. The van der Waals surface area contributed by atoms with E-state index in [1.165, 1.54) is 0 Å². The Morgan fingerprint density at radius 3 is 2.20 bits per heavy atom. The lowest BCUT2D eigenvalue weighted by Gasteiger charge is -2.40. The van der Waals surface area contributed by atoms with Crippen LogP contribution in [0.3, 0.4) is 0 Å². The van der Waals surface area contributed by atoms with E-state index in [0.717, 1.165) is 0 Å². The molecule has 0 aromatic rings. The number of ether oxygens (including phenoxy) is 1. The first kappa shape index (κ1) is 13.1. The summed E-state index contributed by atoms with van der Waals surface area (Å²) in [6.07, 6.45) is -3.92. The SMILES string of the molecule is [Cl-].[NH3+][C@H]1C[C@@]12O[C@H](CO)[C@H](O)[C@H](O)[C@H]2O. The van der Waals surface area contributed by atoms with E-state index >= 15 is 0 Å². The maximum atomic E-state index is 9.67. The van der Waals surface area contributed by atoms with Crippen molar-refractivity contribution in [1.82, 2.24) is 0 Å². The number of quaternary nitrogens is 1. The summed E-state index contributed by atoms with van der Waals surface area (Å²) < 4.78 is 5.37. The Bertz CT molecular complexity index is 241. The number of hydrogen-bond donors (Lipinski definition) is 5. The molecule has 0 radical (unpaired) electrons. The third kappa shape index (κ3) is 1.76. The molecule has 2 rings (SSSR count). The predicted octanol–water partition coefficient (Wildman–Crippen LogP) is -6.78. The van der Waals surface area contributed by atoms with Gasteiger partial charge in [-0.2, -0.15) is 0 Å². The van der Waals surface area contributed by atoms with Crippen molar-refractivity contribution >= 4 is 0 Å². The van der Waals surface area contributed by atoms with Gasteiger partial charge < -0.3 is 43.3 Å². The van der Waals surface area contributed by atoms with Crippen LogP contribution in [0.4, 0.5) is 0 Å². The lowest BCUT2D eigenvalue weighted by molar-refractivity contribution is -0.411. The van der Waals surface area contributed by atoms with Crippen LogP contribution in [0.15, 0.2) is 0 Å². The van der Waals surface area contributed by atoms with Gasteiger partial charge in [0.15, 0.2) is 5.60 Å². The highest BCUT2D eigenvalue weighted by Gasteiger charge is 2.68. The molecule has 7 heteroatoms. The first-order chi connectivity index (χ1) is 6.53. The molecule has 0 unspecified atom stereocenters. The highest BCUT2D eigenvalue weighted by atomic mass is 35.5. The second kappa shape index (κ2) is 4.14. The van der Waals surface area contributed by atoms with Gasteiger partial charge in [-0.15, -0.1) is 0 Å². The summed E-state index contributed by atoms with van der Waals surface area (Å²) in [4.78, 5) is 0. The quantitative estimate of drug-likeness (QED) is 0.313. The standard InChI is InChI=1S/C8H15NO5.ClH/c9-4-1-8(4)7(13)6(12)5(11)3(2-10)14-8;/h3-7,10-13H,1-2,9H2;1H/t3-,4+,5+,6+,7-,8-;/m1./s1. The molecule has 2 fully saturated rings. The Kier molecular flexibility index (Phi) is 3.62. The summed E-state index contributed by atoms with van der Waals surface area (Å²) in [5, 5.41) is 37.5. The van der Waals surface area contributed by atoms with Crippen LogP contribution in [0.5, 0.6) is 0 Å². The number of hydrogen-bond acceptors (Lipinski definition) is 5. The molecule has 2 aliphatic rings. The van der Waals surface area contributed by atoms with Crippen molar-refractivity contribution < 1.29 is 43.3 Å². The molecule has 15 heavy (non-hydrogen) atoms. The van der Waals surface area contributed by atoms with Crippen molar-refractivity contribution in [2.45, 2.75) is 42.5 Å². The van der Waals surface area contributed by atoms with Crippen LogP contribution in [0.1, 0.15) is 6.42 Å². The minimum atomic E-state index is -1.27. The molecular weight excluding hydrogens is 226 g/mol. The zero-order valence-electron chi connectivity index (χ0n) is 8.08. The first-order valence-electron chi connectivity index (χ1n) is 4.69. The average molecular weight is 242 g/mol. The Balaban J connectivity index is 0.00000112. The van der Waals surface area contributed by atoms with E-state index in [9.17, 15) is 15.3 Å². The fraction of sp³-hybridized carbons (Fsp3) is 1.00.